The molecular formula is C12H17F3N2O3. The normalized spacial score (nSPS) is 11.6. The number of rotatable bonds is 8. The van der Waals surface area contributed by atoms with Gasteiger partial charge in [-0.25, -0.2) is 0 Å². The lowest BCUT2D eigenvalue weighted by atomic mass is 10.3. The molecule has 1 rings (SSSR count). The lowest BCUT2D eigenvalue weighted by molar-refractivity contribution is -0.162. The summed E-state index contributed by atoms with van der Waals surface area (Å²) >= 11 is 0. The van der Waals surface area contributed by atoms with Gasteiger partial charge < -0.3 is 19.4 Å². The maximum absolute atomic E-state index is 12.5. The van der Waals surface area contributed by atoms with Crippen LogP contribution in [0.3, 0.4) is 0 Å². The van der Waals surface area contributed by atoms with Gasteiger partial charge in [0.1, 0.15) is 12.3 Å². The Morgan fingerprint density at radius 2 is 2.25 bits per heavy atom. The molecule has 0 radical (unpaired) electrons. The summed E-state index contributed by atoms with van der Waals surface area (Å²) in [6.45, 7) is -0.927. The summed E-state index contributed by atoms with van der Waals surface area (Å²) in [6.07, 6.45) is -3.10. The number of hydrogen-bond donors (Lipinski definition) is 1. The summed E-state index contributed by atoms with van der Waals surface area (Å²) in [7, 11) is 1.50. The first kappa shape index (κ1) is 16.5. The fourth-order valence-corrected chi connectivity index (χ4v) is 1.52. The van der Waals surface area contributed by atoms with Crippen molar-refractivity contribution >= 4 is 5.91 Å². The van der Waals surface area contributed by atoms with Gasteiger partial charge in [-0.3, -0.25) is 4.79 Å². The number of carbonyl (C=O) groups excluding carboxylic acids is 1. The minimum absolute atomic E-state index is 0.180. The molecule has 0 saturated heterocycles. The van der Waals surface area contributed by atoms with E-state index in [0.29, 0.717) is 23.8 Å². The molecule has 0 fully saturated rings. The highest BCUT2D eigenvalue weighted by atomic mass is 19.4. The molecule has 5 nitrogen and oxygen atoms in total. The number of hydrogen-bond acceptors (Lipinski definition) is 4. The lowest BCUT2D eigenvalue weighted by Gasteiger charge is -2.23. The molecule has 0 aliphatic rings. The molecule has 1 aromatic heterocycles. The fraction of sp³-hybridized carbons (Fsp3) is 0.583. The van der Waals surface area contributed by atoms with E-state index in [1.165, 1.54) is 19.4 Å². The van der Waals surface area contributed by atoms with Gasteiger partial charge in [-0.05, 0) is 12.1 Å². The zero-order chi connectivity index (χ0) is 15.0. The molecule has 0 aliphatic carbocycles. The molecule has 0 saturated carbocycles. The van der Waals surface area contributed by atoms with Crippen LogP contribution in [0, 0.1) is 0 Å². The molecule has 0 atom stereocenters. The van der Waals surface area contributed by atoms with E-state index in [9.17, 15) is 18.0 Å². The van der Waals surface area contributed by atoms with E-state index < -0.39 is 18.6 Å². The highest BCUT2D eigenvalue weighted by Crippen LogP contribution is 2.18. The Balaban J connectivity index is 2.54. The highest BCUT2D eigenvalue weighted by molar-refractivity contribution is 5.78. The van der Waals surface area contributed by atoms with Crippen LogP contribution in [0.5, 0.6) is 0 Å². The number of alkyl halides is 3. The molecule has 0 bridgehead atoms. The Bertz CT molecular complexity index is 393. The quantitative estimate of drug-likeness (QED) is 0.737. The van der Waals surface area contributed by atoms with Crippen molar-refractivity contribution in [2.24, 2.45) is 0 Å². The Hall–Kier alpha value is -1.54. The summed E-state index contributed by atoms with van der Waals surface area (Å²) < 4.78 is 47.2. The topological polar surface area (TPSA) is 54.7 Å². The monoisotopic (exact) mass is 294 g/mol. The molecule has 1 N–H and O–H groups in total. The molecule has 0 aliphatic heterocycles. The second-order valence-electron chi connectivity index (χ2n) is 4.11. The van der Waals surface area contributed by atoms with Crippen LogP contribution < -0.4 is 5.32 Å². The largest absolute Gasteiger partial charge is 0.467 e. The highest BCUT2D eigenvalue weighted by Gasteiger charge is 2.33. The van der Waals surface area contributed by atoms with Crippen molar-refractivity contribution in [3.8, 4) is 0 Å². The van der Waals surface area contributed by atoms with Gasteiger partial charge in [0.2, 0.25) is 5.91 Å². The van der Waals surface area contributed by atoms with Crippen molar-refractivity contribution in [2.75, 3.05) is 33.4 Å². The molecule has 0 spiro atoms. The summed E-state index contributed by atoms with van der Waals surface area (Å²) in [6, 6.07) is 3.08. The first-order valence-electron chi connectivity index (χ1n) is 5.99. The summed E-state index contributed by atoms with van der Waals surface area (Å²) in [5.74, 6) is -0.339. The molecule has 8 heteroatoms. The number of methoxy groups -OCH3 is 1. The third-order valence-electron chi connectivity index (χ3n) is 2.41. The minimum atomic E-state index is -4.45. The summed E-state index contributed by atoms with van der Waals surface area (Å²) in [4.78, 5) is 12.5. The van der Waals surface area contributed by atoms with Gasteiger partial charge in [0, 0.05) is 13.7 Å². The number of furan rings is 1. The Kier molecular flexibility index (Phi) is 6.53. The average molecular weight is 294 g/mol. The predicted octanol–water partition coefficient (Wildman–Crippen LogP) is 1.41. The second kappa shape index (κ2) is 7.91. The number of carbonyl (C=O) groups is 1. The Morgan fingerprint density at radius 3 is 2.80 bits per heavy atom. The van der Waals surface area contributed by atoms with Crippen LogP contribution in [0.4, 0.5) is 13.2 Å². The third-order valence-corrected chi connectivity index (χ3v) is 2.41. The van der Waals surface area contributed by atoms with Gasteiger partial charge in [0.25, 0.3) is 0 Å². The molecule has 0 aromatic carbocycles. The molecule has 20 heavy (non-hydrogen) atoms. The molecule has 1 aromatic rings. The van der Waals surface area contributed by atoms with Gasteiger partial charge in [-0.1, -0.05) is 0 Å². The van der Waals surface area contributed by atoms with Crippen molar-refractivity contribution in [1.82, 2.24) is 10.2 Å². The van der Waals surface area contributed by atoms with Crippen LogP contribution in [-0.4, -0.2) is 50.3 Å². The zero-order valence-electron chi connectivity index (χ0n) is 11.1. The molecule has 1 amide bonds. The first-order valence-corrected chi connectivity index (χ1v) is 5.99. The number of nitrogens with one attached hydrogen (secondary N) is 1. The minimum Gasteiger partial charge on any atom is -0.467 e. The third kappa shape index (κ3) is 6.58. The molecule has 0 unspecified atom stereocenters. The summed E-state index contributed by atoms with van der Waals surface area (Å²) in [5.41, 5.74) is 0. The van der Waals surface area contributed by atoms with Crippen molar-refractivity contribution < 1.29 is 27.1 Å². The lowest BCUT2D eigenvalue weighted by Crippen LogP contribution is -2.43. The standard InChI is InChI=1S/C12H17F3N2O3/c1-19-6-4-16-7-11(18)17(9-12(13,14)15)8-10-3-2-5-20-10/h2-3,5,16H,4,6-9H2,1H3. The maximum Gasteiger partial charge on any atom is 0.406 e. The van der Waals surface area contributed by atoms with Crippen LogP contribution in [0.15, 0.2) is 22.8 Å². The van der Waals surface area contributed by atoms with Crippen LogP contribution in [0.1, 0.15) is 5.76 Å². The van der Waals surface area contributed by atoms with E-state index in [1.807, 2.05) is 0 Å². The number of halogens is 3. The van der Waals surface area contributed by atoms with Crippen LogP contribution >= 0.6 is 0 Å². The van der Waals surface area contributed by atoms with Gasteiger partial charge in [-0.2, -0.15) is 13.2 Å². The Morgan fingerprint density at radius 1 is 1.50 bits per heavy atom. The average Bonchev–Trinajstić information content (AvgIpc) is 2.85. The zero-order valence-corrected chi connectivity index (χ0v) is 11.1. The smallest absolute Gasteiger partial charge is 0.406 e. The van der Waals surface area contributed by atoms with E-state index in [1.54, 1.807) is 6.07 Å². The van der Waals surface area contributed by atoms with E-state index >= 15 is 0 Å². The maximum atomic E-state index is 12.5. The van der Waals surface area contributed by atoms with E-state index in [2.05, 4.69) is 5.32 Å². The van der Waals surface area contributed by atoms with E-state index in [4.69, 9.17) is 9.15 Å². The van der Waals surface area contributed by atoms with Crippen LogP contribution in [0.2, 0.25) is 0 Å². The first-order chi connectivity index (χ1) is 9.42. The van der Waals surface area contributed by atoms with Crippen LogP contribution in [0.25, 0.3) is 0 Å². The molecule has 1 heterocycles. The van der Waals surface area contributed by atoms with E-state index in [-0.39, 0.29) is 13.1 Å². The number of amides is 1. The predicted molar refractivity (Wildman–Crippen MR) is 64.9 cm³/mol. The molecular weight excluding hydrogens is 277 g/mol. The van der Waals surface area contributed by atoms with Crippen molar-refractivity contribution in [1.29, 1.82) is 0 Å². The van der Waals surface area contributed by atoms with Gasteiger partial charge in [0.05, 0.1) is 26.0 Å². The molecule has 114 valence electrons. The van der Waals surface area contributed by atoms with Gasteiger partial charge in [-0.15, -0.1) is 0 Å². The van der Waals surface area contributed by atoms with Gasteiger partial charge in [0.15, 0.2) is 0 Å². The Labute approximate surface area is 114 Å². The van der Waals surface area contributed by atoms with Gasteiger partial charge >= 0.3 is 6.18 Å². The summed E-state index contributed by atoms with van der Waals surface area (Å²) in [5, 5.41) is 2.72. The fourth-order valence-electron chi connectivity index (χ4n) is 1.52. The van der Waals surface area contributed by atoms with Crippen molar-refractivity contribution in [3.63, 3.8) is 0 Å². The van der Waals surface area contributed by atoms with Crippen LogP contribution in [-0.2, 0) is 16.1 Å². The second-order valence-corrected chi connectivity index (χ2v) is 4.11. The van der Waals surface area contributed by atoms with Crippen molar-refractivity contribution in [2.45, 2.75) is 12.7 Å². The SMILES string of the molecule is COCCNCC(=O)N(Cc1ccco1)CC(F)(F)F. The van der Waals surface area contributed by atoms with E-state index in [0.717, 1.165) is 0 Å². The van der Waals surface area contributed by atoms with Crippen molar-refractivity contribution in [3.05, 3.63) is 24.2 Å². The number of ether oxygens (including phenoxy) is 1. The number of nitrogens with zero attached hydrogens (tertiary/aromatic N) is 1.